The lowest BCUT2D eigenvalue weighted by molar-refractivity contribution is -0.145. The van der Waals surface area contributed by atoms with Gasteiger partial charge in [0, 0.05) is 31.9 Å². The van der Waals surface area contributed by atoms with Crippen LogP contribution in [0.3, 0.4) is 0 Å². The number of halogens is 3. The number of nitrogens with zero attached hydrogens (tertiary/aromatic N) is 4. The summed E-state index contributed by atoms with van der Waals surface area (Å²) in [5, 5.41) is 0.822. The number of thioether (sulfide) groups is 1. The largest absolute Gasteiger partial charge is 0.401 e. The van der Waals surface area contributed by atoms with Crippen molar-refractivity contribution in [3.05, 3.63) is 48.3 Å². The summed E-state index contributed by atoms with van der Waals surface area (Å²) in [4.78, 5) is 12.4. The van der Waals surface area contributed by atoms with E-state index in [1.807, 2.05) is 23.1 Å². The molecule has 2 aromatic rings. The zero-order valence-electron chi connectivity index (χ0n) is 14.3. The molecule has 1 aromatic heterocycles. The van der Waals surface area contributed by atoms with Crippen molar-refractivity contribution in [2.75, 3.05) is 37.6 Å². The fourth-order valence-corrected chi connectivity index (χ4v) is 3.70. The van der Waals surface area contributed by atoms with E-state index in [0.717, 1.165) is 16.6 Å². The molecule has 0 bridgehead atoms. The molecule has 1 aromatic carbocycles. The monoisotopic (exact) mass is 382 g/mol. The Morgan fingerprint density at radius 2 is 1.81 bits per heavy atom. The maximum Gasteiger partial charge on any atom is 0.401 e. The summed E-state index contributed by atoms with van der Waals surface area (Å²) in [5.41, 5.74) is 1.21. The van der Waals surface area contributed by atoms with Gasteiger partial charge < -0.3 is 4.90 Å². The minimum Gasteiger partial charge on any atom is -0.354 e. The normalized spacial score (nSPS) is 16.5. The maximum atomic E-state index is 12.6. The van der Waals surface area contributed by atoms with Crippen molar-refractivity contribution < 1.29 is 13.2 Å². The summed E-state index contributed by atoms with van der Waals surface area (Å²) < 4.78 is 37.8. The van der Waals surface area contributed by atoms with Crippen molar-refractivity contribution in [1.82, 2.24) is 14.9 Å². The van der Waals surface area contributed by atoms with Crippen molar-refractivity contribution in [3.8, 4) is 0 Å². The summed E-state index contributed by atoms with van der Waals surface area (Å²) in [6.07, 6.45) is -0.0566. The first-order valence-corrected chi connectivity index (χ1v) is 9.51. The first-order valence-electron chi connectivity index (χ1n) is 8.52. The lowest BCUT2D eigenvalue weighted by Crippen LogP contribution is -2.37. The summed E-state index contributed by atoms with van der Waals surface area (Å²) in [6.45, 7) is 1.20. The van der Waals surface area contributed by atoms with Crippen molar-refractivity contribution in [1.29, 1.82) is 0 Å². The molecule has 1 fully saturated rings. The van der Waals surface area contributed by atoms with Crippen LogP contribution in [0, 0.1) is 0 Å². The van der Waals surface area contributed by atoms with Crippen LogP contribution in [-0.2, 0) is 5.75 Å². The predicted octanol–water partition coefficient (Wildman–Crippen LogP) is 3.84. The topological polar surface area (TPSA) is 32.3 Å². The molecule has 0 aliphatic carbocycles. The third-order valence-electron chi connectivity index (χ3n) is 4.14. The molecule has 0 N–H and O–H groups in total. The quantitative estimate of drug-likeness (QED) is 0.734. The molecule has 0 unspecified atom stereocenters. The Morgan fingerprint density at radius 1 is 1.00 bits per heavy atom. The van der Waals surface area contributed by atoms with Crippen LogP contribution in [0.15, 0.2) is 47.8 Å². The minimum absolute atomic E-state index is 0.378. The third kappa shape index (κ3) is 5.88. The lowest BCUT2D eigenvalue weighted by atomic mass is 10.2. The molecule has 140 valence electrons. The molecule has 0 atom stereocenters. The van der Waals surface area contributed by atoms with Crippen molar-refractivity contribution in [3.63, 3.8) is 0 Å². The Labute approximate surface area is 155 Å². The number of alkyl halides is 3. The van der Waals surface area contributed by atoms with Gasteiger partial charge in [-0.3, -0.25) is 9.88 Å². The van der Waals surface area contributed by atoms with Gasteiger partial charge in [-0.25, -0.2) is 4.98 Å². The van der Waals surface area contributed by atoms with Crippen molar-refractivity contribution in [2.45, 2.75) is 23.4 Å². The van der Waals surface area contributed by atoms with Crippen LogP contribution in [0.2, 0.25) is 0 Å². The lowest BCUT2D eigenvalue weighted by Gasteiger charge is -2.23. The van der Waals surface area contributed by atoms with Gasteiger partial charge in [0.25, 0.3) is 0 Å². The van der Waals surface area contributed by atoms with Gasteiger partial charge >= 0.3 is 6.18 Å². The minimum atomic E-state index is -4.15. The summed E-state index contributed by atoms with van der Waals surface area (Å²) in [6, 6.07) is 10.1. The number of anilines is 1. The molecule has 2 heterocycles. The highest BCUT2D eigenvalue weighted by atomic mass is 32.2. The molecule has 0 saturated carbocycles. The Balaban J connectivity index is 1.59. The van der Waals surface area contributed by atoms with Gasteiger partial charge in [0.1, 0.15) is 10.8 Å². The molecule has 0 amide bonds. The molecule has 0 spiro atoms. The van der Waals surface area contributed by atoms with E-state index in [0.29, 0.717) is 32.6 Å². The van der Waals surface area contributed by atoms with Gasteiger partial charge in [0.2, 0.25) is 0 Å². The Hall–Kier alpha value is -1.80. The van der Waals surface area contributed by atoms with Crippen LogP contribution in [-0.4, -0.2) is 53.8 Å². The van der Waals surface area contributed by atoms with Crippen LogP contribution >= 0.6 is 11.8 Å². The zero-order valence-corrected chi connectivity index (χ0v) is 15.1. The molecule has 4 nitrogen and oxygen atoms in total. The van der Waals surface area contributed by atoms with E-state index in [-0.39, 0.29) is 0 Å². The molecule has 1 saturated heterocycles. The number of hydrogen-bond acceptors (Lipinski definition) is 5. The van der Waals surface area contributed by atoms with Crippen LogP contribution in [0.1, 0.15) is 12.0 Å². The second-order valence-electron chi connectivity index (χ2n) is 6.22. The number of benzene rings is 1. The molecule has 1 aliphatic heterocycles. The van der Waals surface area contributed by atoms with E-state index in [2.05, 4.69) is 22.1 Å². The molecule has 0 radical (unpaired) electrons. The first kappa shape index (κ1) is 19.0. The van der Waals surface area contributed by atoms with Gasteiger partial charge in [-0.1, -0.05) is 30.3 Å². The number of aromatic nitrogens is 2. The fourth-order valence-electron chi connectivity index (χ4n) is 2.90. The van der Waals surface area contributed by atoms with Gasteiger partial charge in [-0.05, 0) is 12.0 Å². The van der Waals surface area contributed by atoms with E-state index in [1.54, 1.807) is 24.2 Å². The third-order valence-corrected chi connectivity index (χ3v) is 5.11. The average Bonchev–Trinajstić information content (AvgIpc) is 2.85. The molecule has 1 aliphatic rings. The van der Waals surface area contributed by atoms with Gasteiger partial charge in [-0.2, -0.15) is 13.2 Å². The Bertz CT molecular complexity index is 696. The van der Waals surface area contributed by atoms with Crippen LogP contribution < -0.4 is 4.90 Å². The van der Waals surface area contributed by atoms with Gasteiger partial charge in [0.05, 0.1) is 18.9 Å². The van der Waals surface area contributed by atoms with Crippen LogP contribution in [0.25, 0.3) is 0 Å². The summed E-state index contributed by atoms with van der Waals surface area (Å²) in [7, 11) is 0. The first-order chi connectivity index (χ1) is 12.5. The molecule has 8 heteroatoms. The van der Waals surface area contributed by atoms with E-state index in [9.17, 15) is 13.2 Å². The van der Waals surface area contributed by atoms with Crippen LogP contribution in [0.4, 0.5) is 19.0 Å². The SMILES string of the molecule is FC(F)(F)CN1CCCN(c2cncc(SCc3ccccc3)n2)CC1. The highest BCUT2D eigenvalue weighted by Gasteiger charge is 2.31. The van der Waals surface area contributed by atoms with E-state index < -0.39 is 12.7 Å². The fraction of sp³-hybridized carbons (Fsp3) is 0.444. The second-order valence-corrected chi connectivity index (χ2v) is 7.22. The number of rotatable bonds is 5. The highest BCUT2D eigenvalue weighted by Crippen LogP contribution is 2.23. The average molecular weight is 382 g/mol. The van der Waals surface area contributed by atoms with E-state index in [4.69, 9.17) is 0 Å². The molecule has 3 rings (SSSR count). The van der Waals surface area contributed by atoms with E-state index in [1.165, 1.54) is 10.5 Å². The second kappa shape index (κ2) is 8.73. The predicted molar refractivity (Wildman–Crippen MR) is 97.4 cm³/mol. The standard InChI is InChI=1S/C18H21F3N4S/c19-18(20,21)14-24-7-4-8-25(10-9-24)16-11-22-12-17(23-16)26-13-15-5-2-1-3-6-15/h1-3,5-6,11-12H,4,7-10,13-14H2. The summed E-state index contributed by atoms with van der Waals surface area (Å²) in [5.74, 6) is 1.54. The summed E-state index contributed by atoms with van der Waals surface area (Å²) >= 11 is 1.61. The highest BCUT2D eigenvalue weighted by molar-refractivity contribution is 7.98. The van der Waals surface area contributed by atoms with Gasteiger partial charge in [0.15, 0.2) is 0 Å². The maximum absolute atomic E-state index is 12.6. The van der Waals surface area contributed by atoms with Crippen LogP contribution in [0.5, 0.6) is 0 Å². The Morgan fingerprint density at radius 3 is 2.58 bits per heavy atom. The van der Waals surface area contributed by atoms with E-state index >= 15 is 0 Å². The molecular weight excluding hydrogens is 361 g/mol. The molecule has 26 heavy (non-hydrogen) atoms. The smallest absolute Gasteiger partial charge is 0.354 e. The zero-order chi connectivity index (χ0) is 18.4. The number of hydrogen-bond donors (Lipinski definition) is 0. The van der Waals surface area contributed by atoms with Crippen molar-refractivity contribution in [2.24, 2.45) is 0 Å². The molecular formula is C18H21F3N4S. The Kier molecular flexibility index (Phi) is 6.37. The van der Waals surface area contributed by atoms with Crippen molar-refractivity contribution >= 4 is 17.6 Å². The van der Waals surface area contributed by atoms with Gasteiger partial charge in [-0.15, -0.1) is 11.8 Å².